The SMILES string of the molecule is CCOc1cccc2cc(C(N)=O)c(=Nc3ccccc3)oc12. The molecule has 3 aromatic rings. The number of nitrogens with zero attached hydrogens (tertiary/aromatic N) is 1. The molecule has 0 radical (unpaired) electrons. The van der Waals surface area contributed by atoms with Gasteiger partial charge < -0.3 is 14.9 Å². The van der Waals surface area contributed by atoms with Crippen LogP contribution >= 0.6 is 0 Å². The van der Waals surface area contributed by atoms with Crippen molar-refractivity contribution in [2.24, 2.45) is 10.7 Å². The summed E-state index contributed by atoms with van der Waals surface area (Å²) < 4.78 is 11.4. The number of ether oxygens (including phenoxy) is 1. The molecule has 3 rings (SSSR count). The second-order valence-electron chi connectivity index (χ2n) is 4.88. The standard InChI is InChI=1S/C18H16N2O3/c1-2-22-15-10-6-7-12-11-14(17(19)21)18(23-16(12)15)20-13-8-4-3-5-9-13/h3-11H,2H2,1H3,(H2,19,21). The molecule has 1 aromatic heterocycles. The fourth-order valence-electron chi connectivity index (χ4n) is 2.27. The number of para-hydroxylation sites is 2. The van der Waals surface area contributed by atoms with Crippen molar-refractivity contribution in [2.45, 2.75) is 6.92 Å². The second kappa shape index (κ2) is 6.36. The number of nitrogens with two attached hydrogens (primary N) is 1. The smallest absolute Gasteiger partial charge is 0.254 e. The summed E-state index contributed by atoms with van der Waals surface area (Å²) in [5.41, 5.74) is 7.08. The Morgan fingerprint density at radius 2 is 1.96 bits per heavy atom. The van der Waals surface area contributed by atoms with E-state index in [4.69, 9.17) is 14.9 Å². The molecule has 0 atom stereocenters. The predicted octanol–water partition coefficient (Wildman–Crippen LogP) is 3.16. The van der Waals surface area contributed by atoms with E-state index in [-0.39, 0.29) is 11.1 Å². The highest BCUT2D eigenvalue weighted by Crippen LogP contribution is 2.25. The number of primary amides is 1. The number of carbonyl (C=O) groups is 1. The quantitative estimate of drug-likeness (QED) is 0.804. The van der Waals surface area contributed by atoms with Gasteiger partial charge in [-0.25, -0.2) is 4.99 Å². The van der Waals surface area contributed by atoms with Gasteiger partial charge in [0.05, 0.1) is 12.3 Å². The van der Waals surface area contributed by atoms with Crippen LogP contribution in [0.15, 0.2) is 64.0 Å². The molecule has 2 aromatic carbocycles. The van der Waals surface area contributed by atoms with E-state index in [0.29, 0.717) is 23.6 Å². The number of benzene rings is 2. The van der Waals surface area contributed by atoms with Gasteiger partial charge in [0, 0.05) is 5.39 Å². The van der Waals surface area contributed by atoms with Crippen LogP contribution in [0.4, 0.5) is 5.69 Å². The van der Waals surface area contributed by atoms with Crippen molar-refractivity contribution in [2.75, 3.05) is 6.61 Å². The van der Waals surface area contributed by atoms with Crippen LogP contribution in [-0.4, -0.2) is 12.5 Å². The number of hydrogen-bond acceptors (Lipinski definition) is 4. The molecular weight excluding hydrogens is 292 g/mol. The Bertz CT molecular complexity index is 914. The van der Waals surface area contributed by atoms with Gasteiger partial charge in [-0.2, -0.15) is 0 Å². The molecule has 23 heavy (non-hydrogen) atoms. The molecule has 0 aliphatic heterocycles. The lowest BCUT2D eigenvalue weighted by atomic mass is 10.1. The average molecular weight is 308 g/mol. The van der Waals surface area contributed by atoms with Crippen molar-refractivity contribution in [1.82, 2.24) is 0 Å². The Kier molecular flexibility index (Phi) is 4.10. The molecule has 1 amide bonds. The van der Waals surface area contributed by atoms with Gasteiger partial charge in [-0.05, 0) is 31.2 Å². The van der Waals surface area contributed by atoms with E-state index in [9.17, 15) is 4.79 Å². The first-order chi connectivity index (χ1) is 11.2. The normalized spacial score (nSPS) is 11.6. The summed E-state index contributed by atoms with van der Waals surface area (Å²) in [4.78, 5) is 16.1. The van der Waals surface area contributed by atoms with E-state index in [0.717, 1.165) is 5.39 Å². The van der Waals surface area contributed by atoms with E-state index in [1.807, 2.05) is 55.5 Å². The lowest BCUT2D eigenvalue weighted by molar-refractivity contribution is 0.0996. The van der Waals surface area contributed by atoms with Gasteiger partial charge in [0.1, 0.15) is 5.56 Å². The maximum atomic E-state index is 11.7. The van der Waals surface area contributed by atoms with E-state index in [1.165, 1.54) is 0 Å². The first kappa shape index (κ1) is 14.8. The molecule has 5 heteroatoms. The van der Waals surface area contributed by atoms with Crippen LogP contribution < -0.4 is 16.0 Å². The molecule has 0 bridgehead atoms. The van der Waals surface area contributed by atoms with Gasteiger partial charge in [0.15, 0.2) is 11.3 Å². The Balaban J connectivity index is 2.30. The van der Waals surface area contributed by atoms with Gasteiger partial charge in [0.2, 0.25) is 5.55 Å². The molecule has 1 heterocycles. The number of hydrogen-bond donors (Lipinski definition) is 1. The Morgan fingerprint density at radius 3 is 2.65 bits per heavy atom. The molecule has 5 nitrogen and oxygen atoms in total. The Morgan fingerprint density at radius 1 is 1.17 bits per heavy atom. The number of amides is 1. The number of rotatable bonds is 4. The second-order valence-corrected chi connectivity index (χ2v) is 4.88. The number of carbonyl (C=O) groups excluding carboxylic acids is 1. The van der Waals surface area contributed by atoms with Crippen LogP contribution in [0.2, 0.25) is 0 Å². The third-order valence-corrected chi connectivity index (χ3v) is 3.29. The first-order valence-electron chi connectivity index (χ1n) is 7.28. The fourth-order valence-corrected chi connectivity index (χ4v) is 2.27. The minimum atomic E-state index is -0.591. The lowest BCUT2D eigenvalue weighted by Crippen LogP contribution is -2.21. The number of fused-ring (bicyclic) bond motifs is 1. The summed E-state index contributed by atoms with van der Waals surface area (Å²) >= 11 is 0. The van der Waals surface area contributed by atoms with E-state index >= 15 is 0 Å². The zero-order chi connectivity index (χ0) is 16.2. The minimum Gasteiger partial charge on any atom is -0.490 e. The van der Waals surface area contributed by atoms with Gasteiger partial charge in [-0.15, -0.1) is 0 Å². The van der Waals surface area contributed by atoms with Crippen LogP contribution in [-0.2, 0) is 0 Å². The van der Waals surface area contributed by atoms with Crippen LogP contribution in [0.3, 0.4) is 0 Å². The molecule has 0 aliphatic carbocycles. The van der Waals surface area contributed by atoms with Crippen molar-refractivity contribution in [1.29, 1.82) is 0 Å². The van der Waals surface area contributed by atoms with Crippen LogP contribution in [0, 0.1) is 0 Å². The van der Waals surface area contributed by atoms with Gasteiger partial charge >= 0.3 is 0 Å². The molecule has 0 unspecified atom stereocenters. The van der Waals surface area contributed by atoms with Crippen molar-refractivity contribution in [3.63, 3.8) is 0 Å². The molecule has 0 spiro atoms. The fraction of sp³-hybridized carbons (Fsp3) is 0.111. The Labute approximate surface area is 133 Å². The minimum absolute atomic E-state index is 0.170. The highest BCUT2D eigenvalue weighted by molar-refractivity contribution is 5.96. The third-order valence-electron chi connectivity index (χ3n) is 3.29. The maximum Gasteiger partial charge on any atom is 0.254 e. The summed E-state index contributed by atoms with van der Waals surface area (Å²) in [6, 6.07) is 16.4. The summed E-state index contributed by atoms with van der Waals surface area (Å²) in [5.74, 6) is 0.0117. The molecule has 2 N–H and O–H groups in total. The largest absolute Gasteiger partial charge is 0.490 e. The van der Waals surface area contributed by atoms with Crippen molar-refractivity contribution in [3.05, 3.63) is 65.7 Å². The topological polar surface area (TPSA) is 77.8 Å². The molecule has 0 aliphatic rings. The summed E-state index contributed by atoms with van der Waals surface area (Å²) in [6.07, 6.45) is 0. The molecule has 0 saturated carbocycles. The van der Waals surface area contributed by atoms with Crippen molar-refractivity contribution >= 4 is 22.6 Å². The van der Waals surface area contributed by atoms with Crippen LogP contribution in [0.25, 0.3) is 11.0 Å². The van der Waals surface area contributed by atoms with Crippen LogP contribution in [0.5, 0.6) is 5.75 Å². The highest BCUT2D eigenvalue weighted by atomic mass is 16.5. The zero-order valence-corrected chi connectivity index (χ0v) is 12.7. The summed E-state index contributed by atoms with van der Waals surface area (Å²) in [5, 5.41) is 0.733. The monoisotopic (exact) mass is 308 g/mol. The molecular formula is C18H16N2O3. The van der Waals surface area contributed by atoms with E-state index < -0.39 is 5.91 Å². The Hall–Kier alpha value is -3.08. The van der Waals surface area contributed by atoms with Crippen LogP contribution in [0.1, 0.15) is 17.3 Å². The maximum absolute atomic E-state index is 11.7. The first-order valence-corrected chi connectivity index (χ1v) is 7.28. The van der Waals surface area contributed by atoms with Gasteiger partial charge in [0.25, 0.3) is 5.91 Å². The van der Waals surface area contributed by atoms with Crippen molar-refractivity contribution < 1.29 is 13.9 Å². The zero-order valence-electron chi connectivity index (χ0n) is 12.7. The summed E-state index contributed by atoms with van der Waals surface area (Å²) in [6.45, 7) is 2.41. The molecule has 0 fully saturated rings. The predicted molar refractivity (Wildman–Crippen MR) is 87.6 cm³/mol. The van der Waals surface area contributed by atoms with E-state index in [2.05, 4.69) is 4.99 Å². The highest BCUT2D eigenvalue weighted by Gasteiger charge is 2.12. The van der Waals surface area contributed by atoms with Gasteiger partial charge in [-0.3, -0.25) is 4.79 Å². The molecule has 116 valence electrons. The van der Waals surface area contributed by atoms with E-state index in [1.54, 1.807) is 6.07 Å². The third kappa shape index (κ3) is 3.08. The van der Waals surface area contributed by atoms with Gasteiger partial charge in [-0.1, -0.05) is 30.3 Å². The average Bonchev–Trinajstić information content (AvgIpc) is 2.56. The molecule has 0 saturated heterocycles. The summed E-state index contributed by atoms with van der Waals surface area (Å²) in [7, 11) is 0. The lowest BCUT2D eigenvalue weighted by Gasteiger charge is -2.07. The van der Waals surface area contributed by atoms with Crippen molar-refractivity contribution in [3.8, 4) is 5.75 Å².